The maximum atomic E-state index is 5.82. The Kier molecular flexibility index (Phi) is 9.86. The van der Waals surface area contributed by atoms with E-state index in [1.807, 2.05) is 29.2 Å². The normalized spacial score (nSPS) is 13.3. The Hall–Kier alpha value is -4.76. The van der Waals surface area contributed by atoms with Crippen LogP contribution in [0.5, 0.6) is 11.5 Å². The van der Waals surface area contributed by atoms with Crippen molar-refractivity contribution in [3.8, 4) is 11.5 Å². The van der Waals surface area contributed by atoms with Crippen molar-refractivity contribution in [3.63, 3.8) is 0 Å². The van der Waals surface area contributed by atoms with E-state index < -0.39 is 0 Å². The second kappa shape index (κ2) is 14.1. The molecule has 9 nitrogen and oxygen atoms in total. The van der Waals surface area contributed by atoms with Crippen molar-refractivity contribution in [2.24, 2.45) is 0 Å². The molecule has 2 N–H and O–H groups in total. The van der Waals surface area contributed by atoms with E-state index in [4.69, 9.17) is 9.47 Å². The van der Waals surface area contributed by atoms with Crippen molar-refractivity contribution >= 4 is 34.4 Å². The first-order valence-electron chi connectivity index (χ1n) is 15.2. The SMILES string of the molecule is C=C(Nc1c(CC)cccc1CC)N(c1cc(Nc2ccc(N3CCN(C)CC3)cc2)ncn1)c1ccc(OC)cc1OC. The highest BCUT2D eigenvalue weighted by molar-refractivity contribution is 5.76. The van der Waals surface area contributed by atoms with Crippen LogP contribution < -0.4 is 29.9 Å². The number of hydrogen-bond donors (Lipinski definition) is 2. The van der Waals surface area contributed by atoms with Crippen LogP contribution in [0.1, 0.15) is 25.0 Å². The quantitative estimate of drug-likeness (QED) is 0.184. The van der Waals surface area contributed by atoms with Gasteiger partial charge in [-0.15, -0.1) is 0 Å². The van der Waals surface area contributed by atoms with Crippen molar-refractivity contribution < 1.29 is 9.47 Å². The van der Waals surface area contributed by atoms with E-state index in [2.05, 4.69) is 100 Å². The summed E-state index contributed by atoms with van der Waals surface area (Å²) in [5.41, 5.74) is 6.44. The van der Waals surface area contributed by atoms with Gasteiger partial charge in [0.1, 0.15) is 35.3 Å². The summed E-state index contributed by atoms with van der Waals surface area (Å²) in [6, 6.07) is 22.5. The Morgan fingerprint density at radius 3 is 2.23 bits per heavy atom. The highest BCUT2D eigenvalue weighted by Gasteiger charge is 2.22. The molecule has 0 aliphatic carbocycles. The summed E-state index contributed by atoms with van der Waals surface area (Å²) in [6.45, 7) is 13.0. The van der Waals surface area contributed by atoms with E-state index in [1.165, 1.54) is 16.8 Å². The number of para-hydroxylation sites is 1. The standard InChI is InChI=1S/C35H43N7O2/c1-7-26-10-9-11-27(8-2)35(26)38-25(3)42(31-17-16-30(43-5)22-32(31)44-6)34-23-33(36-24-37-34)39-28-12-14-29(15-13-28)41-20-18-40(4)19-21-41/h9-17,22-24,38H,3,7-8,18-21H2,1-2,4-6H3,(H,36,37,39). The van der Waals surface area contributed by atoms with Gasteiger partial charge in [-0.3, -0.25) is 4.90 Å². The number of ether oxygens (including phenoxy) is 2. The summed E-state index contributed by atoms with van der Waals surface area (Å²) >= 11 is 0. The molecule has 4 aromatic rings. The fourth-order valence-electron chi connectivity index (χ4n) is 5.49. The first-order valence-corrected chi connectivity index (χ1v) is 15.2. The molecule has 0 spiro atoms. The lowest BCUT2D eigenvalue weighted by molar-refractivity contribution is 0.313. The zero-order chi connectivity index (χ0) is 31.1. The van der Waals surface area contributed by atoms with Crippen LogP contribution >= 0.6 is 0 Å². The van der Waals surface area contributed by atoms with Crippen LogP contribution in [0.4, 0.5) is 34.4 Å². The molecule has 3 aromatic carbocycles. The summed E-state index contributed by atoms with van der Waals surface area (Å²) < 4.78 is 11.3. The molecule has 1 aliphatic heterocycles. The van der Waals surface area contributed by atoms with E-state index in [0.29, 0.717) is 29.0 Å². The molecule has 0 amide bonds. The molecule has 2 heterocycles. The number of rotatable bonds is 12. The minimum atomic E-state index is 0.624. The predicted octanol–water partition coefficient (Wildman–Crippen LogP) is 6.84. The number of piperazine rings is 1. The fraction of sp³-hybridized carbons (Fsp3) is 0.314. The van der Waals surface area contributed by atoms with Gasteiger partial charge in [0.2, 0.25) is 0 Å². The molecule has 0 radical (unpaired) electrons. The van der Waals surface area contributed by atoms with E-state index in [-0.39, 0.29) is 0 Å². The summed E-state index contributed by atoms with van der Waals surface area (Å²) in [7, 11) is 5.46. The van der Waals surface area contributed by atoms with Crippen molar-refractivity contribution in [2.75, 3.05) is 67.9 Å². The zero-order valence-electron chi connectivity index (χ0n) is 26.4. The lowest BCUT2D eigenvalue weighted by Crippen LogP contribution is -2.44. The van der Waals surface area contributed by atoms with E-state index in [0.717, 1.165) is 56.1 Å². The Bertz CT molecular complexity index is 1540. The van der Waals surface area contributed by atoms with Crippen molar-refractivity contribution in [1.82, 2.24) is 14.9 Å². The smallest absolute Gasteiger partial charge is 0.146 e. The maximum absolute atomic E-state index is 5.82. The number of likely N-dealkylation sites (N-methyl/N-ethyl adjacent to an activating group) is 1. The van der Waals surface area contributed by atoms with Gasteiger partial charge < -0.3 is 29.9 Å². The minimum absolute atomic E-state index is 0.624. The maximum Gasteiger partial charge on any atom is 0.146 e. The van der Waals surface area contributed by atoms with Crippen LogP contribution in [-0.4, -0.2) is 62.3 Å². The number of methoxy groups -OCH3 is 2. The van der Waals surface area contributed by atoms with Gasteiger partial charge in [0.25, 0.3) is 0 Å². The molecule has 0 saturated carbocycles. The number of aromatic nitrogens is 2. The number of hydrogen-bond acceptors (Lipinski definition) is 9. The average molecular weight is 594 g/mol. The lowest BCUT2D eigenvalue weighted by Gasteiger charge is -2.34. The van der Waals surface area contributed by atoms with Crippen LogP contribution in [0.15, 0.2) is 85.5 Å². The van der Waals surface area contributed by atoms with Crippen LogP contribution in [0.25, 0.3) is 0 Å². The van der Waals surface area contributed by atoms with Crippen LogP contribution in [-0.2, 0) is 12.8 Å². The summed E-state index contributed by atoms with van der Waals surface area (Å²) in [5.74, 6) is 3.24. The van der Waals surface area contributed by atoms with Crippen LogP contribution in [0.2, 0.25) is 0 Å². The number of benzene rings is 3. The summed E-state index contributed by atoms with van der Waals surface area (Å²) in [6.07, 6.45) is 3.35. The highest BCUT2D eigenvalue weighted by atomic mass is 16.5. The molecule has 0 bridgehead atoms. The number of aryl methyl sites for hydroxylation is 2. The molecular weight excluding hydrogens is 550 g/mol. The molecule has 1 fully saturated rings. The van der Waals surface area contributed by atoms with Gasteiger partial charge in [-0.05, 0) is 67.4 Å². The van der Waals surface area contributed by atoms with Gasteiger partial charge >= 0.3 is 0 Å². The van der Waals surface area contributed by atoms with Crippen molar-refractivity contribution in [3.05, 3.63) is 96.6 Å². The van der Waals surface area contributed by atoms with E-state index in [9.17, 15) is 0 Å². The predicted molar refractivity (Wildman–Crippen MR) is 181 cm³/mol. The third-order valence-corrected chi connectivity index (χ3v) is 8.06. The Labute approximate surface area is 261 Å². The molecule has 0 unspecified atom stereocenters. The van der Waals surface area contributed by atoms with Gasteiger partial charge in [0.05, 0.1) is 19.9 Å². The van der Waals surface area contributed by atoms with Gasteiger partial charge in [0.15, 0.2) is 0 Å². The largest absolute Gasteiger partial charge is 0.497 e. The Morgan fingerprint density at radius 1 is 0.886 bits per heavy atom. The lowest BCUT2D eigenvalue weighted by atomic mass is 10.0. The van der Waals surface area contributed by atoms with Crippen molar-refractivity contribution in [1.29, 1.82) is 0 Å². The Balaban J connectivity index is 1.46. The molecule has 5 rings (SSSR count). The monoisotopic (exact) mass is 593 g/mol. The third-order valence-electron chi connectivity index (χ3n) is 8.06. The van der Waals surface area contributed by atoms with E-state index in [1.54, 1.807) is 20.5 Å². The number of anilines is 6. The molecule has 0 atom stereocenters. The molecule has 1 saturated heterocycles. The molecule has 1 aliphatic rings. The fourth-order valence-corrected chi connectivity index (χ4v) is 5.49. The zero-order valence-corrected chi connectivity index (χ0v) is 26.4. The van der Waals surface area contributed by atoms with Gasteiger partial charge in [-0.2, -0.15) is 0 Å². The first kappa shape index (κ1) is 30.7. The van der Waals surface area contributed by atoms with Gasteiger partial charge in [-0.25, -0.2) is 9.97 Å². The minimum Gasteiger partial charge on any atom is -0.497 e. The Morgan fingerprint density at radius 2 is 1.59 bits per heavy atom. The van der Waals surface area contributed by atoms with Gasteiger partial charge in [-0.1, -0.05) is 38.6 Å². The molecule has 9 heteroatoms. The highest BCUT2D eigenvalue weighted by Crippen LogP contribution is 2.39. The number of nitrogens with zero attached hydrogens (tertiary/aromatic N) is 5. The van der Waals surface area contributed by atoms with Crippen LogP contribution in [0.3, 0.4) is 0 Å². The summed E-state index contributed by atoms with van der Waals surface area (Å²) in [5, 5.41) is 7.08. The topological polar surface area (TPSA) is 78.0 Å². The number of nitrogens with one attached hydrogen (secondary N) is 2. The first-order chi connectivity index (χ1) is 21.4. The van der Waals surface area contributed by atoms with Gasteiger partial charge in [0, 0.05) is 55.4 Å². The molecule has 230 valence electrons. The van der Waals surface area contributed by atoms with Crippen molar-refractivity contribution in [2.45, 2.75) is 26.7 Å². The second-order valence-corrected chi connectivity index (χ2v) is 10.8. The third kappa shape index (κ3) is 6.89. The average Bonchev–Trinajstić information content (AvgIpc) is 3.06. The molecule has 44 heavy (non-hydrogen) atoms. The summed E-state index contributed by atoms with van der Waals surface area (Å²) in [4.78, 5) is 15.9. The van der Waals surface area contributed by atoms with E-state index >= 15 is 0 Å². The second-order valence-electron chi connectivity index (χ2n) is 10.8. The molecule has 1 aromatic heterocycles. The molecular formula is C35H43N7O2. The van der Waals surface area contributed by atoms with Crippen LogP contribution in [0, 0.1) is 0 Å².